The first-order valence-electron chi connectivity index (χ1n) is 9.63. The highest BCUT2D eigenvalue weighted by Gasteiger charge is 2.40. The highest BCUT2D eigenvalue weighted by molar-refractivity contribution is 6.04. The Balaban J connectivity index is 1.60. The summed E-state index contributed by atoms with van der Waals surface area (Å²) >= 11 is 0. The zero-order valence-corrected chi connectivity index (χ0v) is 15.8. The number of likely N-dealkylation sites (N-methyl/N-ethyl adjacent to an activating group) is 1. The van der Waals surface area contributed by atoms with E-state index in [1.807, 2.05) is 36.2 Å². The van der Waals surface area contributed by atoms with Gasteiger partial charge in [0.2, 0.25) is 0 Å². The molecule has 2 aliphatic rings. The van der Waals surface area contributed by atoms with Crippen LogP contribution in [0.15, 0.2) is 24.3 Å². The van der Waals surface area contributed by atoms with Crippen LogP contribution in [0.2, 0.25) is 0 Å². The fraction of sp³-hybridized carbons (Fsp3) is 0.600. The topological polar surface area (TPSA) is 50.6 Å². The van der Waals surface area contributed by atoms with E-state index in [1.54, 1.807) is 4.68 Å². The molecule has 0 N–H and O–H groups in total. The molecule has 0 bridgehead atoms. The van der Waals surface area contributed by atoms with E-state index in [-0.39, 0.29) is 11.3 Å². The molecule has 3 heterocycles. The number of benzene rings is 1. The Hall–Kier alpha value is -1.92. The summed E-state index contributed by atoms with van der Waals surface area (Å²) in [5.74, 6) is 0.0492. The van der Waals surface area contributed by atoms with E-state index in [2.05, 4.69) is 16.9 Å². The second-order valence-electron chi connectivity index (χ2n) is 7.74. The number of piperidine rings is 1. The van der Waals surface area contributed by atoms with Gasteiger partial charge in [-0.2, -0.15) is 5.10 Å². The van der Waals surface area contributed by atoms with Gasteiger partial charge in [0.1, 0.15) is 0 Å². The van der Waals surface area contributed by atoms with Gasteiger partial charge >= 0.3 is 0 Å². The summed E-state index contributed by atoms with van der Waals surface area (Å²) < 4.78 is 7.73. The summed E-state index contributed by atoms with van der Waals surface area (Å²) in [6.07, 6.45) is 2.15. The first-order valence-corrected chi connectivity index (χ1v) is 9.63. The lowest BCUT2D eigenvalue weighted by molar-refractivity contribution is 0.00748. The number of nitrogens with zero attached hydrogens (tertiary/aromatic N) is 4. The molecular formula is C20H28N4O2. The van der Waals surface area contributed by atoms with Crippen molar-refractivity contribution in [2.75, 3.05) is 45.9 Å². The van der Waals surface area contributed by atoms with E-state index in [9.17, 15) is 4.79 Å². The number of hydrogen-bond donors (Lipinski definition) is 0. The molecule has 0 saturated carbocycles. The molecule has 140 valence electrons. The smallest absolute Gasteiger partial charge is 0.275 e. The Labute approximate surface area is 154 Å². The minimum Gasteiger partial charge on any atom is -0.379 e. The van der Waals surface area contributed by atoms with Crippen LogP contribution in [0, 0.1) is 5.41 Å². The molecule has 26 heavy (non-hydrogen) atoms. The van der Waals surface area contributed by atoms with Crippen LogP contribution in [0.1, 0.15) is 30.3 Å². The van der Waals surface area contributed by atoms with E-state index in [1.165, 1.54) is 0 Å². The van der Waals surface area contributed by atoms with Crippen molar-refractivity contribution in [2.24, 2.45) is 12.5 Å². The van der Waals surface area contributed by atoms with E-state index in [0.717, 1.165) is 69.7 Å². The van der Waals surface area contributed by atoms with Crippen LogP contribution in [0.4, 0.5) is 0 Å². The number of carbonyl (C=O) groups excluding carboxylic acids is 1. The molecule has 1 aromatic carbocycles. The lowest BCUT2D eigenvalue weighted by atomic mass is 9.80. The Morgan fingerprint density at radius 3 is 2.96 bits per heavy atom. The van der Waals surface area contributed by atoms with Crippen LogP contribution in [0.3, 0.4) is 0 Å². The zero-order valence-electron chi connectivity index (χ0n) is 15.8. The molecule has 1 atom stereocenters. The number of hydrogen-bond acceptors (Lipinski definition) is 4. The third-order valence-corrected chi connectivity index (χ3v) is 5.88. The summed E-state index contributed by atoms with van der Waals surface area (Å²) in [4.78, 5) is 17.7. The summed E-state index contributed by atoms with van der Waals surface area (Å²) in [6.45, 7) is 8.32. The van der Waals surface area contributed by atoms with Gasteiger partial charge in [0, 0.05) is 44.0 Å². The van der Waals surface area contributed by atoms with Gasteiger partial charge in [-0.05, 0) is 25.5 Å². The Morgan fingerprint density at radius 1 is 1.27 bits per heavy atom. The summed E-state index contributed by atoms with van der Waals surface area (Å²) in [7, 11) is 1.90. The number of aryl methyl sites for hydroxylation is 1. The van der Waals surface area contributed by atoms with Gasteiger partial charge in [0.15, 0.2) is 5.69 Å². The van der Waals surface area contributed by atoms with E-state index >= 15 is 0 Å². The van der Waals surface area contributed by atoms with Gasteiger partial charge in [-0.3, -0.25) is 9.48 Å². The third kappa shape index (κ3) is 3.12. The van der Waals surface area contributed by atoms with Crippen LogP contribution in [-0.4, -0.2) is 71.4 Å². The molecule has 0 aliphatic carbocycles. The predicted octanol–water partition coefficient (Wildman–Crippen LogP) is 2.15. The second-order valence-corrected chi connectivity index (χ2v) is 7.74. The highest BCUT2D eigenvalue weighted by Crippen LogP contribution is 2.34. The van der Waals surface area contributed by atoms with Crippen LogP contribution >= 0.6 is 0 Å². The largest absolute Gasteiger partial charge is 0.379 e. The normalized spacial score (nSPS) is 24.9. The molecule has 1 aromatic heterocycles. The Kier molecular flexibility index (Phi) is 4.71. The van der Waals surface area contributed by atoms with Crippen molar-refractivity contribution in [1.29, 1.82) is 0 Å². The maximum atomic E-state index is 13.3. The lowest BCUT2D eigenvalue weighted by Gasteiger charge is -2.43. The quantitative estimate of drug-likeness (QED) is 0.827. The maximum absolute atomic E-state index is 13.3. The molecule has 2 saturated heterocycles. The minimum atomic E-state index is 0.0466. The summed E-state index contributed by atoms with van der Waals surface area (Å²) in [5.41, 5.74) is 1.62. The molecule has 4 rings (SSSR count). The zero-order chi connectivity index (χ0) is 18.1. The first-order chi connectivity index (χ1) is 12.6. The van der Waals surface area contributed by atoms with Gasteiger partial charge in [0.25, 0.3) is 5.91 Å². The first kappa shape index (κ1) is 17.5. The van der Waals surface area contributed by atoms with Crippen molar-refractivity contribution in [3.63, 3.8) is 0 Å². The second kappa shape index (κ2) is 7.00. The van der Waals surface area contributed by atoms with Gasteiger partial charge in [-0.1, -0.05) is 25.1 Å². The molecular weight excluding hydrogens is 328 g/mol. The number of carbonyl (C=O) groups is 1. The predicted molar refractivity (Wildman–Crippen MR) is 101 cm³/mol. The standard InChI is InChI=1S/C20H28N4O2/c1-3-23-11-12-26-15-20(13-23)9-6-10-24(14-20)19(25)18-16-7-4-5-8-17(16)22(2)21-18/h4-5,7-8H,3,6,9-15H2,1-2H3. The molecule has 1 spiro atoms. The van der Waals surface area contributed by atoms with E-state index in [0.29, 0.717) is 5.69 Å². The monoisotopic (exact) mass is 356 g/mol. The van der Waals surface area contributed by atoms with Crippen molar-refractivity contribution in [2.45, 2.75) is 19.8 Å². The minimum absolute atomic E-state index is 0.0466. The van der Waals surface area contributed by atoms with Crippen molar-refractivity contribution >= 4 is 16.8 Å². The number of rotatable bonds is 2. The average molecular weight is 356 g/mol. The van der Waals surface area contributed by atoms with Crippen LogP contribution in [-0.2, 0) is 11.8 Å². The SMILES string of the molecule is CCN1CCOCC2(CCCN(C(=O)c3nn(C)c4ccccc34)C2)C1. The Morgan fingerprint density at radius 2 is 2.12 bits per heavy atom. The molecule has 6 heteroatoms. The molecule has 6 nitrogen and oxygen atoms in total. The number of aromatic nitrogens is 2. The van der Waals surface area contributed by atoms with Crippen molar-refractivity contribution in [3.8, 4) is 0 Å². The fourth-order valence-electron chi connectivity index (χ4n) is 4.50. The number of amides is 1. The molecule has 1 unspecified atom stereocenters. The number of fused-ring (bicyclic) bond motifs is 1. The molecule has 0 radical (unpaired) electrons. The Bertz CT molecular complexity index is 802. The van der Waals surface area contributed by atoms with Crippen molar-refractivity contribution in [3.05, 3.63) is 30.0 Å². The highest BCUT2D eigenvalue weighted by atomic mass is 16.5. The maximum Gasteiger partial charge on any atom is 0.275 e. The van der Waals surface area contributed by atoms with Gasteiger partial charge in [-0.15, -0.1) is 0 Å². The molecule has 2 aliphatic heterocycles. The van der Waals surface area contributed by atoms with Crippen molar-refractivity contribution < 1.29 is 9.53 Å². The summed E-state index contributed by atoms with van der Waals surface area (Å²) in [6, 6.07) is 7.95. The average Bonchev–Trinajstić information content (AvgIpc) is 2.87. The van der Waals surface area contributed by atoms with Gasteiger partial charge in [-0.25, -0.2) is 0 Å². The van der Waals surface area contributed by atoms with E-state index < -0.39 is 0 Å². The summed E-state index contributed by atoms with van der Waals surface area (Å²) in [5, 5.41) is 5.47. The number of ether oxygens (including phenoxy) is 1. The number of likely N-dealkylation sites (tertiary alicyclic amines) is 1. The molecule has 2 aromatic rings. The fourth-order valence-corrected chi connectivity index (χ4v) is 4.50. The van der Waals surface area contributed by atoms with Gasteiger partial charge < -0.3 is 14.5 Å². The lowest BCUT2D eigenvalue weighted by Crippen LogP contribution is -2.52. The third-order valence-electron chi connectivity index (χ3n) is 5.88. The molecule has 2 fully saturated rings. The van der Waals surface area contributed by atoms with Gasteiger partial charge in [0.05, 0.1) is 18.7 Å². The molecule has 1 amide bonds. The van der Waals surface area contributed by atoms with Crippen LogP contribution < -0.4 is 0 Å². The van der Waals surface area contributed by atoms with Crippen molar-refractivity contribution in [1.82, 2.24) is 19.6 Å². The number of para-hydroxylation sites is 1. The van der Waals surface area contributed by atoms with Crippen LogP contribution in [0.25, 0.3) is 10.9 Å². The van der Waals surface area contributed by atoms with E-state index in [4.69, 9.17) is 4.74 Å². The van der Waals surface area contributed by atoms with Crippen LogP contribution in [0.5, 0.6) is 0 Å².